The van der Waals surface area contributed by atoms with Crippen LogP contribution in [-0.4, -0.2) is 27.6 Å². The van der Waals surface area contributed by atoms with Crippen molar-refractivity contribution in [2.24, 2.45) is 0 Å². The van der Waals surface area contributed by atoms with Gasteiger partial charge in [-0.2, -0.15) is 5.10 Å². The van der Waals surface area contributed by atoms with Crippen molar-refractivity contribution >= 4 is 0 Å². The number of halogens is 2. The first kappa shape index (κ1) is 9.05. The van der Waals surface area contributed by atoms with Crippen LogP contribution in [0.1, 0.15) is 12.7 Å². The Kier molecular flexibility index (Phi) is 3.09. The number of hydrogen-bond acceptors (Lipinski definition) is 3. The number of aromatic nitrogens is 3. The Bertz CT molecular complexity index is 211. The first-order valence-corrected chi connectivity index (χ1v) is 3.56. The molecule has 0 radical (unpaired) electrons. The molecule has 0 aliphatic rings. The molecule has 0 fully saturated rings. The van der Waals surface area contributed by atoms with Crippen molar-refractivity contribution in [3.63, 3.8) is 0 Å². The molecule has 1 atom stereocenters. The average Bonchev–Trinajstić information content (AvgIpc) is 2.51. The zero-order valence-corrected chi connectivity index (χ0v) is 6.59. The lowest BCUT2D eigenvalue weighted by Crippen LogP contribution is -2.32. The molecule has 0 saturated carbocycles. The molecule has 2 N–H and O–H groups in total. The molecule has 0 saturated heterocycles. The van der Waals surface area contributed by atoms with Crippen LogP contribution in [0.4, 0.5) is 8.78 Å². The highest BCUT2D eigenvalue weighted by molar-refractivity contribution is 4.79. The van der Waals surface area contributed by atoms with E-state index in [2.05, 4.69) is 20.5 Å². The van der Waals surface area contributed by atoms with Crippen molar-refractivity contribution in [2.45, 2.75) is 25.9 Å². The molecule has 0 spiro atoms. The van der Waals surface area contributed by atoms with Crippen molar-refractivity contribution in [2.75, 3.05) is 0 Å². The summed E-state index contributed by atoms with van der Waals surface area (Å²) in [6.07, 6.45) is -1.02. The Balaban J connectivity index is 2.27. The summed E-state index contributed by atoms with van der Waals surface area (Å²) in [6.45, 7) is 1.70. The summed E-state index contributed by atoms with van der Waals surface area (Å²) < 4.78 is 23.9. The summed E-state index contributed by atoms with van der Waals surface area (Å²) >= 11 is 0. The number of H-pyrrole nitrogens is 1. The molecule has 0 aliphatic heterocycles. The minimum Gasteiger partial charge on any atom is -0.302 e. The molecule has 6 heteroatoms. The van der Waals surface area contributed by atoms with Crippen molar-refractivity contribution in [1.29, 1.82) is 0 Å². The summed E-state index contributed by atoms with van der Waals surface area (Å²) in [7, 11) is 0. The molecule has 0 amide bonds. The second-order valence-electron chi connectivity index (χ2n) is 2.44. The quantitative estimate of drug-likeness (QED) is 0.704. The fourth-order valence-electron chi connectivity index (χ4n) is 0.663. The van der Waals surface area contributed by atoms with Gasteiger partial charge in [0.1, 0.15) is 12.2 Å². The van der Waals surface area contributed by atoms with E-state index in [9.17, 15) is 8.78 Å². The Hall–Kier alpha value is -1.04. The normalized spacial score (nSPS) is 13.7. The smallest absolute Gasteiger partial charge is 0.253 e. The van der Waals surface area contributed by atoms with Crippen LogP contribution in [0, 0.1) is 0 Å². The van der Waals surface area contributed by atoms with Crippen LogP contribution < -0.4 is 5.32 Å². The van der Waals surface area contributed by atoms with E-state index in [-0.39, 0.29) is 6.54 Å². The minimum atomic E-state index is -2.35. The highest BCUT2D eigenvalue weighted by Gasteiger charge is 2.13. The van der Waals surface area contributed by atoms with Crippen molar-refractivity contribution in [3.05, 3.63) is 12.2 Å². The van der Waals surface area contributed by atoms with E-state index < -0.39 is 12.5 Å². The van der Waals surface area contributed by atoms with Gasteiger partial charge in [-0.3, -0.25) is 5.10 Å². The summed E-state index contributed by atoms with van der Waals surface area (Å²) in [6, 6.07) is -0.824. The Morgan fingerprint density at radius 3 is 2.92 bits per heavy atom. The van der Waals surface area contributed by atoms with E-state index in [1.807, 2.05) is 0 Å². The van der Waals surface area contributed by atoms with Gasteiger partial charge in [-0.15, -0.1) is 0 Å². The van der Waals surface area contributed by atoms with Gasteiger partial charge in [0.25, 0.3) is 6.43 Å². The topological polar surface area (TPSA) is 53.6 Å². The minimum absolute atomic E-state index is 0.283. The fourth-order valence-corrected chi connectivity index (χ4v) is 0.663. The lowest BCUT2D eigenvalue weighted by Gasteiger charge is -2.10. The molecule has 1 aromatic heterocycles. The molecular weight excluding hydrogens is 166 g/mol. The molecular formula is C6H10F2N4. The van der Waals surface area contributed by atoms with E-state index >= 15 is 0 Å². The SMILES string of the molecule is CC(NCc1ncn[nH]1)C(F)F. The largest absolute Gasteiger partial charge is 0.302 e. The third-order valence-electron chi connectivity index (χ3n) is 1.43. The molecule has 12 heavy (non-hydrogen) atoms. The molecule has 1 aromatic rings. The Morgan fingerprint density at radius 1 is 1.67 bits per heavy atom. The molecule has 1 unspecified atom stereocenters. The van der Waals surface area contributed by atoms with Gasteiger partial charge in [0.05, 0.1) is 12.6 Å². The van der Waals surface area contributed by atoms with Crippen LogP contribution >= 0.6 is 0 Å². The summed E-state index contributed by atoms with van der Waals surface area (Å²) in [5, 5.41) is 8.74. The molecule has 4 nitrogen and oxygen atoms in total. The van der Waals surface area contributed by atoms with Gasteiger partial charge in [-0.1, -0.05) is 0 Å². The van der Waals surface area contributed by atoms with Gasteiger partial charge in [0.2, 0.25) is 0 Å². The summed E-state index contributed by atoms with van der Waals surface area (Å²) in [4.78, 5) is 3.77. The summed E-state index contributed by atoms with van der Waals surface area (Å²) in [5.74, 6) is 0.558. The zero-order chi connectivity index (χ0) is 8.97. The lowest BCUT2D eigenvalue weighted by atomic mass is 10.3. The number of aromatic amines is 1. The third-order valence-corrected chi connectivity index (χ3v) is 1.43. The van der Waals surface area contributed by atoms with E-state index in [4.69, 9.17) is 0 Å². The first-order valence-electron chi connectivity index (χ1n) is 3.56. The Morgan fingerprint density at radius 2 is 2.42 bits per heavy atom. The van der Waals surface area contributed by atoms with Gasteiger partial charge < -0.3 is 5.32 Å². The highest BCUT2D eigenvalue weighted by Crippen LogP contribution is 1.99. The van der Waals surface area contributed by atoms with Crippen LogP contribution in [0.25, 0.3) is 0 Å². The molecule has 1 heterocycles. The van der Waals surface area contributed by atoms with Crippen LogP contribution in [0.2, 0.25) is 0 Å². The number of hydrogen-bond donors (Lipinski definition) is 2. The number of rotatable bonds is 4. The monoisotopic (exact) mass is 176 g/mol. The fraction of sp³-hybridized carbons (Fsp3) is 0.667. The van der Waals surface area contributed by atoms with Crippen molar-refractivity contribution in [1.82, 2.24) is 20.5 Å². The standard InChI is InChI=1S/C6H10F2N4/c1-4(6(7)8)9-2-5-10-3-11-12-5/h3-4,6,9H,2H2,1H3,(H,10,11,12). The second-order valence-corrected chi connectivity index (χ2v) is 2.44. The predicted molar refractivity (Wildman–Crippen MR) is 38.7 cm³/mol. The molecule has 0 aromatic carbocycles. The number of nitrogens with zero attached hydrogens (tertiary/aromatic N) is 2. The maximum absolute atomic E-state index is 11.9. The van der Waals surface area contributed by atoms with E-state index in [1.165, 1.54) is 13.3 Å². The maximum Gasteiger partial charge on any atom is 0.253 e. The van der Waals surface area contributed by atoms with Crippen molar-refractivity contribution in [3.8, 4) is 0 Å². The van der Waals surface area contributed by atoms with Crippen LogP contribution in [0.15, 0.2) is 6.33 Å². The highest BCUT2D eigenvalue weighted by atomic mass is 19.3. The van der Waals surface area contributed by atoms with Crippen LogP contribution in [-0.2, 0) is 6.54 Å². The van der Waals surface area contributed by atoms with Gasteiger partial charge >= 0.3 is 0 Å². The van der Waals surface area contributed by atoms with Crippen LogP contribution in [0.3, 0.4) is 0 Å². The zero-order valence-electron chi connectivity index (χ0n) is 6.59. The molecule has 0 aliphatic carbocycles. The Labute approximate surface area is 68.4 Å². The predicted octanol–water partition coefficient (Wildman–Crippen LogP) is 0.548. The second kappa shape index (κ2) is 4.10. The van der Waals surface area contributed by atoms with Gasteiger partial charge in [0, 0.05) is 0 Å². The van der Waals surface area contributed by atoms with Gasteiger partial charge in [-0.05, 0) is 6.92 Å². The number of nitrogens with one attached hydrogen (secondary N) is 2. The van der Waals surface area contributed by atoms with Crippen molar-refractivity contribution < 1.29 is 8.78 Å². The molecule has 1 rings (SSSR count). The van der Waals surface area contributed by atoms with E-state index in [0.717, 1.165) is 0 Å². The molecule has 68 valence electrons. The van der Waals surface area contributed by atoms with Gasteiger partial charge in [-0.25, -0.2) is 13.8 Å². The summed E-state index contributed by atoms with van der Waals surface area (Å²) in [5.41, 5.74) is 0. The van der Waals surface area contributed by atoms with E-state index in [1.54, 1.807) is 0 Å². The first-order chi connectivity index (χ1) is 5.70. The molecule has 0 bridgehead atoms. The maximum atomic E-state index is 11.9. The number of alkyl halides is 2. The lowest BCUT2D eigenvalue weighted by molar-refractivity contribution is 0.105. The van der Waals surface area contributed by atoms with E-state index in [0.29, 0.717) is 5.82 Å². The van der Waals surface area contributed by atoms with Gasteiger partial charge in [0.15, 0.2) is 0 Å². The van der Waals surface area contributed by atoms with Crippen LogP contribution in [0.5, 0.6) is 0 Å². The average molecular weight is 176 g/mol. The third kappa shape index (κ3) is 2.54.